The van der Waals surface area contributed by atoms with E-state index >= 15 is 0 Å². The van der Waals surface area contributed by atoms with Crippen molar-refractivity contribution in [3.8, 4) is 0 Å². The Morgan fingerprint density at radius 3 is 2.27 bits per heavy atom. The van der Waals surface area contributed by atoms with E-state index in [1.165, 1.54) is 18.5 Å². The maximum absolute atomic E-state index is 12.4. The van der Waals surface area contributed by atoms with E-state index < -0.39 is 23.9 Å². The lowest BCUT2D eigenvalue weighted by Gasteiger charge is -2.16. The summed E-state index contributed by atoms with van der Waals surface area (Å²) in [5.41, 5.74) is 1.09. The van der Waals surface area contributed by atoms with Crippen LogP contribution in [-0.2, 0) is 16.6 Å². The zero-order valence-corrected chi connectivity index (χ0v) is 12.5. The van der Waals surface area contributed by atoms with Gasteiger partial charge in [0.2, 0.25) is 6.41 Å². The summed E-state index contributed by atoms with van der Waals surface area (Å²) in [6.45, 7) is 3.84. The maximum atomic E-state index is 12.4. The van der Waals surface area contributed by atoms with Crippen LogP contribution in [0.4, 0.5) is 18.9 Å². The quantitative estimate of drug-likeness (QED) is 0.490. The number of ketones is 1. The first kappa shape index (κ1) is 17.7. The van der Waals surface area contributed by atoms with Crippen molar-refractivity contribution in [2.45, 2.75) is 33.0 Å². The molecule has 1 unspecified atom stereocenters. The lowest BCUT2D eigenvalue weighted by Crippen LogP contribution is -2.46. The van der Waals surface area contributed by atoms with Crippen LogP contribution in [0.15, 0.2) is 0 Å². The van der Waals surface area contributed by atoms with Gasteiger partial charge in [-0.15, -0.1) is 0 Å². The first-order valence-corrected chi connectivity index (χ1v) is 6.30. The van der Waals surface area contributed by atoms with Crippen LogP contribution in [0, 0.1) is 13.8 Å². The molecule has 1 rings (SSSR count). The van der Waals surface area contributed by atoms with Gasteiger partial charge in [-0.2, -0.15) is 13.2 Å². The maximum Gasteiger partial charge on any atom is 0.408 e. The lowest BCUT2D eigenvalue weighted by molar-refractivity contribution is -0.156. The highest BCUT2D eigenvalue weighted by Gasteiger charge is 2.38. The second-order valence-corrected chi connectivity index (χ2v) is 4.82. The molecule has 2 amide bonds. The number of hydrogen-bond acceptors (Lipinski definition) is 3. The van der Waals surface area contributed by atoms with Crippen LogP contribution in [0.3, 0.4) is 0 Å². The standard InChI is InChI=1S/C13H16F3N3O3/c1-6-9(17-5-20)7(2)19(4)10(6)11(21)12(22)18-8(3)13(14,15)16/h5,8H,1-4H3,(H,17,20)(H,18,22). The molecular weight excluding hydrogens is 303 g/mol. The van der Waals surface area contributed by atoms with Crippen molar-refractivity contribution in [3.63, 3.8) is 0 Å². The predicted molar refractivity (Wildman–Crippen MR) is 72.6 cm³/mol. The number of amides is 2. The minimum atomic E-state index is -4.64. The van der Waals surface area contributed by atoms with Crippen molar-refractivity contribution in [3.05, 3.63) is 17.0 Å². The van der Waals surface area contributed by atoms with E-state index in [1.807, 2.05) is 0 Å². The highest BCUT2D eigenvalue weighted by molar-refractivity contribution is 6.43. The van der Waals surface area contributed by atoms with Crippen molar-refractivity contribution in [1.29, 1.82) is 0 Å². The molecular formula is C13H16F3N3O3. The third-order valence-electron chi connectivity index (χ3n) is 3.39. The fraction of sp³-hybridized carbons (Fsp3) is 0.462. The molecule has 22 heavy (non-hydrogen) atoms. The van der Waals surface area contributed by atoms with Crippen molar-refractivity contribution < 1.29 is 27.6 Å². The molecule has 1 atom stereocenters. The number of Topliss-reactive ketones (excluding diaryl/α,β-unsaturated/α-hetero) is 1. The molecule has 0 spiro atoms. The van der Waals surface area contributed by atoms with Crippen molar-refractivity contribution in [2.75, 3.05) is 5.32 Å². The third kappa shape index (κ3) is 3.29. The lowest BCUT2D eigenvalue weighted by atomic mass is 10.1. The average molecular weight is 319 g/mol. The minimum absolute atomic E-state index is 0.0753. The summed E-state index contributed by atoms with van der Waals surface area (Å²) in [5.74, 6) is -2.45. The zero-order valence-electron chi connectivity index (χ0n) is 12.5. The molecule has 0 saturated carbocycles. The number of halogens is 3. The van der Waals surface area contributed by atoms with Gasteiger partial charge in [-0.3, -0.25) is 14.4 Å². The van der Waals surface area contributed by atoms with Gasteiger partial charge < -0.3 is 15.2 Å². The van der Waals surface area contributed by atoms with Crippen LogP contribution in [0.2, 0.25) is 0 Å². The Labute approximate surface area is 124 Å². The van der Waals surface area contributed by atoms with Crippen LogP contribution in [0.5, 0.6) is 0 Å². The van der Waals surface area contributed by atoms with Crippen LogP contribution in [0.25, 0.3) is 0 Å². The van der Waals surface area contributed by atoms with Gasteiger partial charge in [0, 0.05) is 18.3 Å². The largest absolute Gasteiger partial charge is 0.408 e. The van der Waals surface area contributed by atoms with Gasteiger partial charge in [0.25, 0.3) is 11.7 Å². The summed E-state index contributed by atoms with van der Waals surface area (Å²) in [5, 5.41) is 4.02. The van der Waals surface area contributed by atoms with Gasteiger partial charge >= 0.3 is 6.18 Å². The van der Waals surface area contributed by atoms with E-state index in [1.54, 1.807) is 12.2 Å². The molecule has 0 saturated heterocycles. The Balaban J connectivity index is 3.11. The number of nitrogens with zero attached hydrogens (tertiary/aromatic N) is 1. The van der Waals surface area contributed by atoms with Gasteiger partial charge in [0.1, 0.15) is 6.04 Å². The second-order valence-electron chi connectivity index (χ2n) is 4.82. The summed E-state index contributed by atoms with van der Waals surface area (Å²) in [4.78, 5) is 34.4. The molecule has 0 radical (unpaired) electrons. The fourth-order valence-electron chi connectivity index (χ4n) is 2.02. The van der Waals surface area contributed by atoms with Gasteiger partial charge in [-0.1, -0.05) is 0 Å². The summed E-state index contributed by atoms with van der Waals surface area (Å²) in [7, 11) is 1.48. The summed E-state index contributed by atoms with van der Waals surface area (Å²) in [6.07, 6.45) is -4.23. The van der Waals surface area contributed by atoms with Crippen molar-refractivity contribution in [1.82, 2.24) is 9.88 Å². The van der Waals surface area contributed by atoms with E-state index in [-0.39, 0.29) is 5.69 Å². The summed E-state index contributed by atoms with van der Waals surface area (Å²) in [6, 6.07) is -2.14. The Bertz CT molecular complexity index is 620. The highest BCUT2D eigenvalue weighted by Crippen LogP contribution is 2.26. The Kier molecular flexibility index (Phi) is 5.00. The number of nitrogens with one attached hydrogen (secondary N) is 2. The molecule has 122 valence electrons. The number of anilines is 1. The Hall–Kier alpha value is -2.32. The molecule has 9 heteroatoms. The van der Waals surface area contributed by atoms with E-state index in [9.17, 15) is 27.6 Å². The van der Waals surface area contributed by atoms with Gasteiger partial charge in [-0.05, 0) is 20.8 Å². The number of hydrogen-bond donors (Lipinski definition) is 2. The molecule has 0 aliphatic heterocycles. The van der Waals surface area contributed by atoms with Crippen LogP contribution in [-0.4, -0.2) is 34.9 Å². The molecule has 0 bridgehead atoms. The van der Waals surface area contributed by atoms with Crippen LogP contribution in [0.1, 0.15) is 28.7 Å². The Morgan fingerprint density at radius 2 is 1.82 bits per heavy atom. The number of aromatic nitrogens is 1. The average Bonchev–Trinajstić information content (AvgIpc) is 2.61. The topological polar surface area (TPSA) is 80.2 Å². The SMILES string of the molecule is Cc1c(NC=O)c(C)n(C)c1C(=O)C(=O)NC(C)C(F)(F)F. The smallest absolute Gasteiger partial charge is 0.343 e. The first-order valence-electron chi connectivity index (χ1n) is 6.30. The first-order chi connectivity index (χ1) is 10.0. The third-order valence-corrected chi connectivity index (χ3v) is 3.39. The summed E-state index contributed by atoms with van der Waals surface area (Å²) < 4.78 is 38.6. The number of alkyl halides is 3. The van der Waals surface area contributed by atoms with Gasteiger partial charge in [-0.25, -0.2) is 0 Å². The van der Waals surface area contributed by atoms with E-state index in [4.69, 9.17) is 0 Å². The molecule has 6 nitrogen and oxygen atoms in total. The van der Waals surface area contributed by atoms with Crippen LogP contribution >= 0.6 is 0 Å². The van der Waals surface area contributed by atoms with Crippen molar-refractivity contribution in [2.24, 2.45) is 7.05 Å². The fourth-order valence-corrected chi connectivity index (χ4v) is 2.02. The predicted octanol–water partition coefficient (Wildman–Crippen LogP) is 1.46. The molecule has 1 aromatic rings. The van der Waals surface area contributed by atoms with Crippen LogP contribution < -0.4 is 10.6 Å². The molecule has 1 aromatic heterocycles. The highest BCUT2D eigenvalue weighted by atomic mass is 19.4. The Morgan fingerprint density at radius 1 is 1.27 bits per heavy atom. The molecule has 0 aliphatic rings. The number of carbonyl (C=O) groups is 3. The summed E-state index contributed by atoms with van der Waals surface area (Å²) >= 11 is 0. The molecule has 1 heterocycles. The second kappa shape index (κ2) is 6.20. The normalized spacial score (nSPS) is 12.7. The molecule has 0 fully saturated rings. The number of rotatable bonds is 5. The minimum Gasteiger partial charge on any atom is -0.343 e. The number of carbonyl (C=O) groups excluding carboxylic acids is 3. The molecule has 0 aromatic carbocycles. The van der Waals surface area contributed by atoms with Gasteiger partial charge in [0.05, 0.1) is 11.4 Å². The van der Waals surface area contributed by atoms with E-state index in [2.05, 4.69) is 5.32 Å². The van der Waals surface area contributed by atoms with E-state index in [0.29, 0.717) is 23.4 Å². The van der Waals surface area contributed by atoms with Crippen molar-refractivity contribution >= 4 is 23.8 Å². The molecule has 0 aliphatic carbocycles. The van der Waals surface area contributed by atoms with Gasteiger partial charge in [0.15, 0.2) is 0 Å². The monoisotopic (exact) mass is 319 g/mol. The zero-order chi connectivity index (χ0) is 17.2. The molecule has 2 N–H and O–H groups in total. The van der Waals surface area contributed by atoms with E-state index in [0.717, 1.165) is 6.92 Å².